The summed E-state index contributed by atoms with van der Waals surface area (Å²) in [4.78, 5) is 23.6. The molecule has 1 aromatic heterocycles. The number of hydrogen-bond acceptors (Lipinski definition) is 5. The molecule has 32 heavy (non-hydrogen) atoms. The Morgan fingerprint density at radius 3 is 2.25 bits per heavy atom. The van der Waals surface area contributed by atoms with Gasteiger partial charge < -0.3 is 9.84 Å². The Morgan fingerprint density at radius 2 is 1.62 bits per heavy atom. The maximum absolute atomic E-state index is 12.1. The molecular formula is C24H21N4O4. The fourth-order valence-electron chi connectivity index (χ4n) is 3.48. The molecule has 0 spiro atoms. The van der Waals surface area contributed by atoms with Gasteiger partial charge in [0, 0.05) is 11.1 Å². The first-order valence-electron chi connectivity index (χ1n) is 10.2. The van der Waals surface area contributed by atoms with Crippen molar-refractivity contribution < 1.29 is 19.4 Å². The minimum atomic E-state index is -1.02. The highest BCUT2D eigenvalue weighted by atomic mass is 16.5. The molecule has 0 atom stereocenters. The number of allylic oxidation sites excluding steroid dienone is 1. The maximum atomic E-state index is 12.1. The summed E-state index contributed by atoms with van der Waals surface area (Å²) < 4.78 is 6.70. The summed E-state index contributed by atoms with van der Waals surface area (Å²) >= 11 is 0. The van der Waals surface area contributed by atoms with Crippen molar-refractivity contribution in [1.29, 1.82) is 0 Å². The van der Waals surface area contributed by atoms with Crippen LogP contribution in [0.3, 0.4) is 0 Å². The summed E-state index contributed by atoms with van der Waals surface area (Å²) in [5.74, 6) is -1.41. The number of rotatable bonds is 8. The van der Waals surface area contributed by atoms with E-state index in [9.17, 15) is 14.7 Å². The van der Waals surface area contributed by atoms with Crippen molar-refractivity contribution in [2.24, 2.45) is 5.10 Å². The predicted molar refractivity (Wildman–Crippen MR) is 119 cm³/mol. The fraction of sp³-hybridized carbons (Fsp3) is 0.167. The quantitative estimate of drug-likeness (QED) is 0.552. The van der Waals surface area contributed by atoms with Gasteiger partial charge in [-0.05, 0) is 13.0 Å². The monoisotopic (exact) mass is 429 g/mol. The summed E-state index contributed by atoms with van der Waals surface area (Å²) in [6, 6.07) is 20.7. The minimum Gasteiger partial charge on any atom is -0.481 e. The number of ether oxygens (including phenoxy) is 1. The molecule has 0 saturated carbocycles. The lowest BCUT2D eigenvalue weighted by Crippen LogP contribution is -2.15. The lowest BCUT2D eigenvalue weighted by molar-refractivity contribution is -0.142. The normalized spacial score (nSPS) is 13.0. The molecule has 8 heteroatoms. The van der Waals surface area contributed by atoms with E-state index in [1.807, 2.05) is 60.7 Å². The number of aliphatic carboxylic acids is 1. The molecular weight excluding hydrogens is 408 g/mol. The first-order valence-corrected chi connectivity index (χ1v) is 10.2. The number of aromatic nitrogens is 2. The zero-order valence-electron chi connectivity index (χ0n) is 17.4. The van der Waals surface area contributed by atoms with Crippen molar-refractivity contribution in [3.8, 4) is 11.3 Å². The van der Waals surface area contributed by atoms with Crippen LogP contribution in [-0.4, -0.2) is 39.1 Å². The van der Waals surface area contributed by atoms with Crippen LogP contribution in [-0.2, 0) is 20.7 Å². The molecule has 4 rings (SSSR count). The van der Waals surface area contributed by atoms with E-state index in [2.05, 4.69) is 15.6 Å². The summed E-state index contributed by atoms with van der Waals surface area (Å²) in [5, 5.41) is 18.2. The number of carboxylic acids is 1. The smallest absolute Gasteiger partial charge is 0.311 e. The summed E-state index contributed by atoms with van der Waals surface area (Å²) in [6.07, 6.45) is -0.312. The van der Waals surface area contributed by atoms with Gasteiger partial charge in [-0.15, -0.1) is 5.43 Å². The van der Waals surface area contributed by atoms with Gasteiger partial charge in [0.2, 0.25) is 0 Å². The van der Waals surface area contributed by atoms with Gasteiger partial charge in [0.05, 0.1) is 30.8 Å². The first kappa shape index (κ1) is 21.0. The first-order chi connectivity index (χ1) is 15.6. The van der Waals surface area contributed by atoms with Gasteiger partial charge >= 0.3 is 11.9 Å². The standard InChI is InChI=1S/C24H21N4O4/c1-2-32-22(31)14-18-13-20(16-9-5-3-6-10-16)28(27-18)24-19(15-21(29)30)25-26-23(24)17-11-7-4-8-12-17/h3-13H,2,14-15H2,1H3,(H,29,30). The molecule has 8 nitrogen and oxygen atoms in total. The maximum Gasteiger partial charge on any atom is 0.311 e. The summed E-state index contributed by atoms with van der Waals surface area (Å²) in [6.45, 7) is 2.03. The van der Waals surface area contributed by atoms with E-state index < -0.39 is 5.97 Å². The number of carbonyl (C=O) groups is 2. The molecule has 1 radical (unpaired) electrons. The van der Waals surface area contributed by atoms with Crippen molar-refractivity contribution in [2.45, 2.75) is 19.8 Å². The Bertz CT molecular complexity index is 1200. The molecule has 2 aromatic carbocycles. The largest absolute Gasteiger partial charge is 0.481 e. The third-order valence-corrected chi connectivity index (χ3v) is 4.81. The molecule has 1 aliphatic rings. The van der Waals surface area contributed by atoms with Gasteiger partial charge in [0.25, 0.3) is 0 Å². The lowest BCUT2D eigenvalue weighted by Gasteiger charge is -2.12. The van der Waals surface area contributed by atoms with Gasteiger partial charge in [-0.2, -0.15) is 10.2 Å². The van der Waals surface area contributed by atoms with Crippen molar-refractivity contribution in [2.75, 3.05) is 6.61 Å². The van der Waals surface area contributed by atoms with E-state index >= 15 is 0 Å². The van der Waals surface area contributed by atoms with Crippen molar-refractivity contribution in [1.82, 2.24) is 15.2 Å². The third kappa shape index (κ3) is 4.44. The molecule has 1 aliphatic heterocycles. The van der Waals surface area contributed by atoms with Gasteiger partial charge in [-0.1, -0.05) is 60.7 Å². The van der Waals surface area contributed by atoms with E-state index in [0.717, 1.165) is 11.1 Å². The van der Waals surface area contributed by atoms with E-state index in [1.54, 1.807) is 17.7 Å². The molecule has 0 amide bonds. The molecule has 0 unspecified atom stereocenters. The zero-order chi connectivity index (χ0) is 22.5. The van der Waals surface area contributed by atoms with Crippen molar-refractivity contribution in [3.05, 3.63) is 78.0 Å². The summed E-state index contributed by atoms with van der Waals surface area (Å²) in [5.41, 5.74) is 8.42. The highest BCUT2D eigenvalue weighted by molar-refractivity contribution is 6.30. The average molecular weight is 429 g/mol. The topological polar surface area (TPSA) is 108 Å². The Hall–Kier alpha value is -4.20. The van der Waals surface area contributed by atoms with Crippen LogP contribution in [0.25, 0.3) is 22.7 Å². The number of hydrogen-bond donors (Lipinski definition) is 1. The van der Waals surface area contributed by atoms with Gasteiger partial charge in [-0.25, -0.2) is 4.68 Å². The van der Waals surface area contributed by atoms with Crippen LogP contribution in [0.5, 0.6) is 0 Å². The third-order valence-electron chi connectivity index (χ3n) is 4.81. The average Bonchev–Trinajstić information content (AvgIpc) is 3.38. The van der Waals surface area contributed by atoms with E-state index in [1.165, 1.54) is 0 Å². The lowest BCUT2D eigenvalue weighted by atomic mass is 10.1. The number of carboxylic acid groups (broad SMARTS) is 1. The van der Waals surface area contributed by atoms with E-state index in [-0.39, 0.29) is 25.4 Å². The second-order valence-corrected chi connectivity index (χ2v) is 7.06. The van der Waals surface area contributed by atoms with Crippen molar-refractivity contribution in [3.63, 3.8) is 0 Å². The van der Waals surface area contributed by atoms with E-state index in [0.29, 0.717) is 28.5 Å². The Labute approximate surface area is 184 Å². The molecule has 0 saturated heterocycles. The van der Waals surface area contributed by atoms with Crippen molar-refractivity contribution >= 4 is 29.0 Å². The van der Waals surface area contributed by atoms with Gasteiger partial charge in [-0.3, -0.25) is 9.59 Å². The second kappa shape index (κ2) is 9.30. The van der Waals surface area contributed by atoms with Crippen LogP contribution in [0, 0.1) is 0 Å². The Kier molecular flexibility index (Phi) is 6.12. The molecule has 0 aliphatic carbocycles. The van der Waals surface area contributed by atoms with Crippen LogP contribution < -0.4 is 5.43 Å². The molecule has 0 fully saturated rings. The molecule has 0 bridgehead atoms. The Balaban J connectivity index is 1.89. The molecule has 3 aromatic rings. The Morgan fingerprint density at radius 1 is 0.969 bits per heavy atom. The molecule has 1 N–H and O–H groups in total. The highest BCUT2D eigenvalue weighted by Crippen LogP contribution is 2.32. The van der Waals surface area contributed by atoms with Gasteiger partial charge in [0.15, 0.2) is 0 Å². The summed E-state index contributed by atoms with van der Waals surface area (Å²) in [7, 11) is 0. The van der Waals surface area contributed by atoms with Crippen LogP contribution in [0.1, 0.15) is 24.6 Å². The zero-order valence-corrected chi connectivity index (χ0v) is 17.4. The second-order valence-electron chi connectivity index (χ2n) is 7.06. The fourth-order valence-corrected chi connectivity index (χ4v) is 3.48. The molecule has 161 valence electrons. The van der Waals surface area contributed by atoms with Crippen LogP contribution in [0.2, 0.25) is 0 Å². The van der Waals surface area contributed by atoms with E-state index in [4.69, 9.17) is 4.74 Å². The predicted octanol–water partition coefficient (Wildman–Crippen LogP) is 3.43. The number of nitrogens with zero attached hydrogens (tertiary/aromatic N) is 4. The van der Waals surface area contributed by atoms with Crippen LogP contribution >= 0.6 is 0 Å². The highest BCUT2D eigenvalue weighted by Gasteiger charge is 2.29. The van der Waals surface area contributed by atoms with Crippen LogP contribution in [0.15, 0.2) is 71.8 Å². The minimum absolute atomic E-state index is 0.00280. The SMILES string of the molecule is CCOC(=O)Cc1cc(-c2ccccc2)n(C2=C(c3ccccc3)[N]N=C2CC(=O)O)n1. The number of esters is 1. The number of benzene rings is 2. The molecule has 2 heterocycles. The van der Waals surface area contributed by atoms with Gasteiger partial charge in [0.1, 0.15) is 17.1 Å². The van der Waals surface area contributed by atoms with Crippen LogP contribution in [0.4, 0.5) is 0 Å². The number of carbonyl (C=O) groups excluding carboxylic acids is 1.